The third-order valence-corrected chi connectivity index (χ3v) is 8.70. The molecule has 0 atom stereocenters. The summed E-state index contributed by atoms with van der Waals surface area (Å²) in [5.74, 6) is -1.38. The number of rotatable bonds is 5. The van der Waals surface area contributed by atoms with Crippen LogP contribution in [-0.4, -0.2) is 45.2 Å². The summed E-state index contributed by atoms with van der Waals surface area (Å²) in [5, 5.41) is 10.9. The zero-order valence-corrected chi connectivity index (χ0v) is 22.3. The molecule has 2 aliphatic rings. The van der Waals surface area contributed by atoms with Gasteiger partial charge in [-0.05, 0) is 59.8 Å². The predicted molar refractivity (Wildman–Crippen MR) is 153 cm³/mol. The molecule has 7 rings (SSSR count). The van der Waals surface area contributed by atoms with E-state index in [1.54, 1.807) is 11.1 Å². The Morgan fingerprint density at radius 2 is 1.95 bits per heavy atom. The van der Waals surface area contributed by atoms with Crippen LogP contribution < -0.4 is 5.32 Å². The number of pyridine rings is 1. The molecule has 0 radical (unpaired) electrons. The van der Waals surface area contributed by atoms with Crippen molar-refractivity contribution in [3.05, 3.63) is 95.7 Å². The smallest absolute Gasteiger partial charge is 0.246 e. The number of likely N-dealkylation sites (tertiary alicyclic amines) is 1. The third-order valence-electron chi connectivity index (χ3n) is 7.77. The van der Waals surface area contributed by atoms with Crippen molar-refractivity contribution in [2.75, 3.05) is 19.6 Å². The van der Waals surface area contributed by atoms with E-state index in [4.69, 9.17) is 4.98 Å². The summed E-state index contributed by atoms with van der Waals surface area (Å²) in [6.45, 7) is 6.42. The van der Waals surface area contributed by atoms with Gasteiger partial charge in [0.25, 0.3) is 0 Å². The van der Waals surface area contributed by atoms with Crippen LogP contribution in [0.15, 0.2) is 72.9 Å². The average Bonchev–Trinajstić information content (AvgIpc) is 3.62. The Morgan fingerprint density at radius 3 is 2.77 bits per heavy atom. The average molecular weight is 554 g/mol. The molecule has 5 heterocycles. The molecule has 200 valence electrons. The SMILES string of the molecule is C=CC(=O)N1CC(n2cc(-c3nc(-c4ccc5c(c4)CCNC5)c4ccsc4c3-c3ccc(F)cc3F)cn2)C1. The highest BCUT2D eigenvalue weighted by atomic mass is 32.1. The summed E-state index contributed by atoms with van der Waals surface area (Å²) >= 11 is 1.51. The lowest BCUT2D eigenvalue weighted by Gasteiger charge is -2.38. The van der Waals surface area contributed by atoms with Crippen LogP contribution in [0.2, 0.25) is 0 Å². The van der Waals surface area contributed by atoms with Crippen molar-refractivity contribution in [3.63, 3.8) is 0 Å². The molecule has 0 saturated carbocycles. The molecular formula is C31H25F2N5OS. The first kappa shape index (κ1) is 24.8. The Hall–Kier alpha value is -4.21. The van der Waals surface area contributed by atoms with E-state index in [0.717, 1.165) is 52.5 Å². The summed E-state index contributed by atoms with van der Waals surface area (Å²) in [6, 6.07) is 12.2. The molecule has 0 unspecified atom stereocenters. The van der Waals surface area contributed by atoms with Gasteiger partial charge in [-0.25, -0.2) is 13.8 Å². The van der Waals surface area contributed by atoms with Gasteiger partial charge in [-0.1, -0.05) is 18.7 Å². The molecule has 1 N–H and O–H groups in total. The fourth-order valence-electron chi connectivity index (χ4n) is 5.61. The van der Waals surface area contributed by atoms with Crippen LogP contribution in [0.3, 0.4) is 0 Å². The number of fused-ring (bicyclic) bond motifs is 2. The van der Waals surface area contributed by atoms with Crippen molar-refractivity contribution in [2.45, 2.75) is 19.0 Å². The highest BCUT2D eigenvalue weighted by Crippen LogP contribution is 2.44. The molecule has 1 saturated heterocycles. The third kappa shape index (κ3) is 4.13. The molecule has 5 aromatic rings. The molecule has 40 heavy (non-hydrogen) atoms. The molecular weight excluding hydrogens is 528 g/mol. The summed E-state index contributed by atoms with van der Waals surface area (Å²) in [7, 11) is 0. The number of nitrogens with zero attached hydrogens (tertiary/aromatic N) is 4. The Labute approximate surface area is 233 Å². The number of thiophene rings is 1. The molecule has 1 amide bonds. The Bertz CT molecular complexity index is 1800. The van der Waals surface area contributed by atoms with Crippen molar-refractivity contribution in [3.8, 4) is 33.6 Å². The van der Waals surface area contributed by atoms with E-state index < -0.39 is 11.6 Å². The lowest BCUT2D eigenvalue weighted by molar-refractivity contribution is -0.131. The maximum absolute atomic E-state index is 15.3. The van der Waals surface area contributed by atoms with Gasteiger partial charge in [0.1, 0.15) is 11.6 Å². The van der Waals surface area contributed by atoms with E-state index in [9.17, 15) is 9.18 Å². The summed E-state index contributed by atoms with van der Waals surface area (Å²) in [4.78, 5) is 18.8. The molecule has 0 spiro atoms. The van der Waals surface area contributed by atoms with Gasteiger partial charge < -0.3 is 10.2 Å². The van der Waals surface area contributed by atoms with Crippen LogP contribution >= 0.6 is 11.3 Å². The van der Waals surface area contributed by atoms with Gasteiger partial charge in [-0.15, -0.1) is 11.3 Å². The van der Waals surface area contributed by atoms with Crippen molar-refractivity contribution in [1.29, 1.82) is 0 Å². The molecule has 0 bridgehead atoms. The highest BCUT2D eigenvalue weighted by molar-refractivity contribution is 7.18. The second-order valence-corrected chi connectivity index (χ2v) is 11.1. The number of carbonyl (C=O) groups excluding carboxylic acids is 1. The fourth-order valence-corrected chi connectivity index (χ4v) is 6.57. The van der Waals surface area contributed by atoms with Crippen LogP contribution in [0.25, 0.3) is 43.7 Å². The largest absolute Gasteiger partial charge is 0.335 e. The first-order valence-corrected chi connectivity index (χ1v) is 14.0. The van der Waals surface area contributed by atoms with Crippen LogP contribution in [0.1, 0.15) is 17.2 Å². The maximum Gasteiger partial charge on any atom is 0.246 e. The molecule has 6 nitrogen and oxygen atoms in total. The van der Waals surface area contributed by atoms with Crippen LogP contribution in [0, 0.1) is 11.6 Å². The lowest BCUT2D eigenvalue weighted by atomic mass is 9.94. The molecule has 0 aliphatic carbocycles. The number of hydrogen-bond donors (Lipinski definition) is 1. The summed E-state index contributed by atoms with van der Waals surface area (Å²) < 4.78 is 31.9. The topological polar surface area (TPSA) is 63.1 Å². The van der Waals surface area contributed by atoms with Crippen LogP contribution in [0.5, 0.6) is 0 Å². The first-order chi connectivity index (χ1) is 19.5. The maximum atomic E-state index is 15.3. The number of nitrogens with one attached hydrogen (secondary N) is 1. The van der Waals surface area contributed by atoms with Gasteiger partial charge in [0, 0.05) is 64.2 Å². The van der Waals surface area contributed by atoms with E-state index in [1.165, 1.54) is 40.7 Å². The van der Waals surface area contributed by atoms with Gasteiger partial charge in [-0.2, -0.15) is 5.10 Å². The standard InChI is InChI=1S/C31H25F2N5OS/c1-2-27(39)37-16-23(17-37)38-15-21(14-35-38)30-28(24-6-5-22(32)12-26(24)33)31-25(8-10-40-31)29(36-30)19-3-4-20-13-34-9-7-18(20)11-19/h2-6,8,10-12,14-15,23,34H,1,7,9,13,16-17H2. The van der Waals surface area contributed by atoms with E-state index in [2.05, 4.69) is 35.2 Å². The summed E-state index contributed by atoms with van der Waals surface area (Å²) in [6.07, 6.45) is 5.89. The Kier molecular flexibility index (Phi) is 6.05. The van der Waals surface area contributed by atoms with Crippen molar-refractivity contribution < 1.29 is 13.6 Å². The van der Waals surface area contributed by atoms with Gasteiger partial charge in [0.05, 0.1) is 23.6 Å². The van der Waals surface area contributed by atoms with Gasteiger partial charge >= 0.3 is 0 Å². The van der Waals surface area contributed by atoms with Crippen molar-refractivity contribution in [1.82, 2.24) is 25.0 Å². The second kappa shape index (κ2) is 9.76. The molecule has 2 aromatic carbocycles. The lowest BCUT2D eigenvalue weighted by Crippen LogP contribution is -2.50. The van der Waals surface area contributed by atoms with E-state index in [-0.39, 0.29) is 11.9 Å². The predicted octanol–water partition coefficient (Wildman–Crippen LogP) is 5.99. The zero-order valence-electron chi connectivity index (χ0n) is 21.5. The van der Waals surface area contributed by atoms with E-state index >= 15 is 4.39 Å². The highest BCUT2D eigenvalue weighted by Gasteiger charge is 2.32. The number of carbonyl (C=O) groups is 1. The number of aromatic nitrogens is 3. The monoisotopic (exact) mass is 553 g/mol. The van der Waals surface area contributed by atoms with Crippen molar-refractivity contribution in [2.24, 2.45) is 0 Å². The Morgan fingerprint density at radius 1 is 1.07 bits per heavy atom. The minimum absolute atomic E-state index is 0.0304. The number of halogens is 2. The van der Waals surface area contributed by atoms with Crippen LogP contribution in [-0.2, 0) is 17.8 Å². The van der Waals surface area contributed by atoms with Crippen molar-refractivity contribution >= 4 is 27.3 Å². The number of benzene rings is 2. The first-order valence-electron chi connectivity index (χ1n) is 13.2. The Balaban J connectivity index is 1.40. The van der Waals surface area contributed by atoms with Gasteiger partial charge in [0.15, 0.2) is 0 Å². The molecule has 2 aliphatic heterocycles. The summed E-state index contributed by atoms with van der Waals surface area (Å²) in [5.41, 5.74) is 6.62. The minimum Gasteiger partial charge on any atom is -0.335 e. The molecule has 1 fully saturated rings. The fraction of sp³-hybridized carbons (Fsp3) is 0.194. The number of hydrogen-bond acceptors (Lipinski definition) is 5. The van der Waals surface area contributed by atoms with E-state index in [1.807, 2.05) is 22.3 Å². The number of amides is 1. The second-order valence-electron chi connectivity index (χ2n) is 10.2. The van der Waals surface area contributed by atoms with Gasteiger partial charge in [-0.3, -0.25) is 9.48 Å². The van der Waals surface area contributed by atoms with Gasteiger partial charge in [0.2, 0.25) is 5.91 Å². The normalized spacial score (nSPS) is 15.2. The zero-order chi connectivity index (χ0) is 27.4. The van der Waals surface area contributed by atoms with E-state index in [0.29, 0.717) is 29.9 Å². The quantitative estimate of drug-likeness (QED) is 0.272. The molecule has 3 aromatic heterocycles. The van der Waals surface area contributed by atoms with Crippen LogP contribution in [0.4, 0.5) is 8.78 Å². The molecule has 9 heteroatoms. The minimum atomic E-state index is -0.642.